The van der Waals surface area contributed by atoms with E-state index in [1.807, 2.05) is 19.1 Å². The third-order valence-electron chi connectivity index (χ3n) is 3.97. The number of ether oxygens (including phenoxy) is 1. The number of nitrogens with zero attached hydrogens (tertiary/aromatic N) is 3. The van der Waals surface area contributed by atoms with E-state index in [2.05, 4.69) is 40.9 Å². The summed E-state index contributed by atoms with van der Waals surface area (Å²) in [7, 11) is 3.58. The van der Waals surface area contributed by atoms with Crippen molar-refractivity contribution in [3.63, 3.8) is 0 Å². The lowest BCUT2D eigenvalue weighted by Gasteiger charge is -2.15. The van der Waals surface area contributed by atoms with Crippen LogP contribution in [0.1, 0.15) is 43.4 Å². The van der Waals surface area contributed by atoms with Crippen molar-refractivity contribution in [1.82, 2.24) is 14.9 Å². The van der Waals surface area contributed by atoms with Crippen molar-refractivity contribution in [3.8, 4) is 17.9 Å². The second-order valence-corrected chi connectivity index (χ2v) is 6.85. The van der Waals surface area contributed by atoms with Gasteiger partial charge in [-0.3, -0.25) is 4.79 Å². The molecule has 0 bridgehead atoms. The molecule has 1 unspecified atom stereocenters. The zero-order valence-electron chi connectivity index (χ0n) is 16.5. The smallest absolute Gasteiger partial charge is 0.316 e. The lowest BCUT2D eigenvalue weighted by atomic mass is 9.97. The Morgan fingerprint density at radius 3 is 2.33 bits per heavy atom. The van der Waals surface area contributed by atoms with Crippen LogP contribution in [0.5, 0.6) is 6.01 Å². The number of aromatic nitrogens is 2. The second-order valence-electron chi connectivity index (χ2n) is 6.85. The van der Waals surface area contributed by atoms with Crippen LogP contribution < -0.4 is 4.74 Å². The Hall–Kier alpha value is -2.87. The molecule has 1 aromatic carbocycles. The molecule has 1 atom stereocenters. The van der Waals surface area contributed by atoms with Crippen molar-refractivity contribution >= 4 is 5.91 Å². The van der Waals surface area contributed by atoms with Crippen LogP contribution in [0.3, 0.4) is 0 Å². The van der Waals surface area contributed by atoms with Gasteiger partial charge in [0.05, 0.1) is 12.2 Å². The third kappa shape index (κ3) is 7.10. The molecule has 142 valence electrons. The molecule has 0 saturated carbocycles. The Morgan fingerprint density at radius 1 is 1.11 bits per heavy atom. The molecule has 0 saturated heterocycles. The summed E-state index contributed by atoms with van der Waals surface area (Å²) in [6.45, 7) is 4.75. The first kappa shape index (κ1) is 20.4. The van der Waals surface area contributed by atoms with E-state index >= 15 is 0 Å². The average molecular weight is 365 g/mol. The quantitative estimate of drug-likeness (QED) is 0.706. The van der Waals surface area contributed by atoms with E-state index in [9.17, 15) is 4.79 Å². The number of amides is 1. The molecular weight excluding hydrogens is 338 g/mol. The molecule has 0 spiro atoms. The van der Waals surface area contributed by atoms with E-state index in [1.165, 1.54) is 5.56 Å². The summed E-state index contributed by atoms with van der Waals surface area (Å²) < 4.78 is 5.36. The lowest BCUT2D eigenvalue weighted by molar-refractivity contribution is -0.129. The standard InChI is InChI=1S/C22H27N3O2/c1-5-12-27-22-23-15-20(16-24-22)11-8-18-6-9-19(10-7-18)13-17(2)14-21(26)25(3)4/h6-7,9-10,15-17H,5,12-14H2,1-4H3. The van der Waals surface area contributed by atoms with Crippen molar-refractivity contribution < 1.29 is 9.53 Å². The Balaban J connectivity index is 1.92. The van der Waals surface area contributed by atoms with Gasteiger partial charge < -0.3 is 9.64 Å². The van der Waals surface area contributed by atoms with Crippen molar-refractivity contribution in [2.24, 2.45) is 5.92 Å². The fraction of sp³-hybridized carbons (Fsp3) is 0.409. The van der Waals surface area contributed by atoms with E-state index in [1.54, 1.807) is 31.4 Å². The highest BCUT2D eigenvalue weighted by Gasteiger charge is 2.11. The average Bonchev–Trinajstić information content (AvgIpc) is 2.66. The van der Waals surface area contributed by atoms with Gasteiger partial charge in [-0.25, -0.2) is 9.97 Å². The first-order valence-corrected chi connectivity index (χ1v) is 9.24. The number of hydrogen-bond acceptors (Lipinski definition) is 4. The molecule has 0 N–H and O–H groups in total. The minimum Gasteiger partial charge on any atom is -0.463 e. The fourth-order valence-electron chi connectivity index (χ4n) is 2.47. The first-order valence-electron chi connectivity index (χ1n) is 9.24. The van der Waals surface area contributed by atoms with E-state index in [0.717, 1.165) is 24.0 Å². The SMILES string of the molecule is CCCOc1ncc(C#Cc2ccc(CC(C)CC(=O)N(C)C)cc2)cn1. The molecule has 0 radical (unpaired) electrons. The second kappa shape index (κ2) is 10.3. The van der Waals surface area contributed by atoms with Gasteiger partial charge in [0.15, 0.2) is 0 Å². The Labute approximate surface area is 161 Å². The summed E-state index contributed by atoms with van der Waals surface area (Å²) in [5.74, 6) is 6.65. The van der Waals surface area contributed by atoms with E-state index in [-0.39, 0.29) is 5.91 Å². The van der Waals surface area contributed by atoms with Crippen LogP contribution in [0.2, 0.25) is 0 Å². The highest BCUT2D eigenvalue weighted by molar-refractivity contribution is 5.75. The van der Waals surface area contributed by atoms with Crippen LogP contribution in [0, 0.1) is 17.8 Å². The molecule has 2 aromatic rings. The molecule has 0 aliphatic rings. The number of carbonyl (C=O) groups excluding carboxylic acids is 1. The van der Waals surface area contributed by atoms with Gasteiger partial charge in [-0.15, -0.1) is 0 Å². The summed E-state index contributed by atoms with van der Waals surface area (Å²) in [6.07, 6.45) is 5.70. The normalized spacial score (nSPS) is 11.3. The number of carbonyl (C=O) groups is 1. The predicted octanol–water partition coefficient (Wildman–Crippen LogP) is 3.32. The van der Waals surface area contributed by atoms with Crippen LogP contribution in [0.4, 0.5) is 0 Å². The van der Waals surface area contributed by atoms with Crippen molar-refractivity contribution in [2.45, 2.75) is 33.1 Å². The fourth-order valence-corrected chi connectivity index (χ4v) is 2.47. The highest BCUT2D eigenvalue weighted by atomic mass is 16.5. The molecule has 1 amide bonds. The van der Waals surface area contributed by atoms with Gasteiger partial charge in [-0.05, 0) is 36.5 Å². The number of rotatable bonds is 7. The molecule has 5 heteroatoms. The minimum absolute atomic E-state index is 0.165. The number of hydrogen-bond donors (Lipinski definition) is 0. The van der Waals surface area contributed by atoms with Gasteiger partial charge in [0.2, 0.25) is 5.91 Å². The van der Waals surface area contributed by atoms with Crippen LogP contribution >= 0.6 is 0 Å². The Morgan fingerprint density at radius 2 is 1.74 bits per heavy atom. The maximum atomic E-state index is 11.8. The van der Waals surface area contributed by atoms with E-state index < -0.39 is 0 Å². The largest absolute Gasteiger partial charge is 0.463 e. The van der Waals surface area contributed by atoms with E-state index in [4.69, 9.17) is 4.74 Å². The van der Waals surface area contributed by atoms with Gasteiger partial charge in [-0.2, -0.15) is 0 Å². The van der Waals surface area contributed by atoms with Crippen LogP contribution in [-0.4, -0.2) is 41.5 Å². The molecule has 0 aliphatic carbocycles. The Kier molecular flexibility index (Phi) is 7.81. The number of benzene rings is 1. The Bertz CT molecular complexity index is 787. The molecule has 27 heavy (non-hydrogen) atoms. The summed E-state index contributed by atoms with van der Waals surface area (Å²) in [4.78, 5) is 21.7. The van der Waals surface area contributed by atoms with E-state index in [0.29, 0.717) is 25.0 Å². The maximum Gasteiger partial charge on any atom is 0.316 e. The molecule has 5 nitrogen and oxygen atoms in total. The molecule has 2 rings (SSSR count). The minimum atomic E-state index is 0.165. The van der Waals surface area contributed by atoms with Crippen molar-refractivity contribution in [3.05, 3.63) is 53.3 Å². The molecule has 0 aliphatic heterocycles. The lowest BCUT2D eigenvalue weighted by Crippen LogP contribution is -2.24. The third-order valence-corrected chi connectivity index (χ3v) is 3.97. The van der Waals surface area contributed by atoms with Gasteiger partial charge in [0.25, 0.3) is 0 Å². The zero-order valence-corrected chi connectivity index (χ0v) is 16.5. The molecule has 0 fully saturated rings. The summed E-state index contributed by atoms with van der Waals surface area (Å²) in [5, 5.41) is 0. The highest BCUT2D eigenvalue weighted by Crippen LogP contribution is 2.14. The maximum absolute atomic E-state index is 11.8. The first-order chi connectivity index (χ1) is 13.0. The monoisotopic (exact) mass is 365 g/mol. The van der Waals surface area contributed by atoms with Gasteiger partial charge in [0.1, 0.15) is 0 Å². The molecule has 1 heterocycles. The van der Waals surface area contributed by atoms with Crippen molar-refractivity contribution in [1.29, 1.82) is 0 Å². The van der Waals surface area contributed by atoms with Crippen LogP contribution in [-0.2, 0) is 11.2 Å². The van der Waals surface area contributed by atoms with Gasteiger partial charge in [0, 0.05) is 38.5 Å². The zero-order chi connectivity index (χ0) is 19.6. The topological polar surface area (TPSA) is 55.3 Å². The van der Waals surface area contributed by atoms with Gasteiger partial charge >= 0.3 is 6.01 Å². The predicted molar refractivity (Wildman–Crippen MR) is 106 cm³/mol. The van der Waals surface area contributed by atoms with Crippen molar-refractivity contribution in [2.75, 3.05) is 20.7 Å². The van der Waals surface area contributed by atoms with Gasteiger partial charge in [-0.1, -0.05) is 37.8 Å². The van der Waals surface area contributed by atoms with Crippen LogP contribution in [0.15, 0.2) is 36.7 Å². The summed E-state index contributed by atoms with van der Waals surface area (Å²) >= 11 is 0. The summed E-state index contributed by atoms with van der Waals surface area (Å²) in [5.41, 5.74) is 2.89. The molecule has 1 aromatic heterocycles. The molecular formula is C22H27N3O2. The summed E-state index contributed by atoms with van der Waals surface area (Å²) in [6, 6.07) is 8.52. The van der Waals surface area contributed by atoms with Crippen LogP contribution in [0.25, 0.3) is 0 Å².